The van der Waals surface area contributed by atoms with Crippen LogP contribution in [0.1, 0.15) is 18.1 Å². The molecule has 0 radical (unpaired) electrons. The van der Waals surface area contributed by atoms with Crippen LogP contribution in [0.4, 0.5) is 0 Å². The first kappa shape index (κ1) is 10.1. The lowest BCUT2D eigenvalue weighted by Gasteiger charge is -2.08. The molecule has 0 aliphatic rings. The third-order valence-electron chi connectivity index (χ3n) is 1.99. The highest BCUT2D eigenvalue weighted by Gasteiger charge is 1.98. The summed E-state index contributed by atoms with van der Waals surface area (Å²) in [6.45, 7) is 5.75. The first-order valence-corrected chi connectivity index (χ1v) is 4.65. The molecule has 0 amide bonds. The van der Waals surface area contributed by atoms with E-state index >= 15 is 0 Å². The molecule has 0 aromatic heterocycles. The van der Waals surface area contributed by atoms with Gasteiger partial charge in [-0.3, -0.25) is 0 Å². The van der Waals surface area contributed by atoms with Crippen LogP contribution in [-0.4, -0.2) is 13.7 Å². The summed E-state index contributed by atoms with van der Waals surface area (Å²) < 4.78 is 5.40. The quantitative estimate of drug-likeness (QED) is 0.764. The van der Waals surface area contributed by atoms with Crippen LogP contribution in [-0.2, 0) is 6.54 Å². The van der Waals surface area contributed by atoms with Gasteiger partial charge in [0.05, 0.1) is 6.61 Å². The van der Waals surface area contributed by atoms with Gasteiger partial charge in [-0.15, -0.1) is 0 Å². The van der Waals surface area contributed by atoms with Gasteiger partial charge in [0, 0.05) is 6.54 Å². The molecule has 0 aliphatic carbocycles. The Morgan fingerprint density at radius 1 is 1.38 bits per heavy atom. The molecule has 2 nitrogen and oxygen atoms in total. The lowest BCUT2D eigenvalue weighted by molar-refractivity contribution is 0.340. The molecule has 1 rings (SSSR count). The summed E-state index contributed by atoms with van der Waals surface area (Å²) in [6, 6.07) is 6.20. The Labute approximate surface area is 79.9 Å². The predicted octanol–water partition coefficient (Wildman–Crippen LogP) is 2.11. The first-order chi connectivity index (χ1) is 6.27. The van der Waals surface area contributed by atoms with Gasteiger partial charge in [-0.05, 0) is 44.2 Å². The fourth-order valence-electron chi connectivity index (χ4n) is 1.31. The lowest BCUT2D eigenvalue weighted by atomic mass is 10.1. The standard InChI is InChI=1S/C11H17NO/c1-4-13-11-6-5-10(8-12-3)9(2)7-11/h5-7,12H,4,8H2,1-3H3. The van der Waals surface area contributed by atoms with Crippen molar-refractivity contribution in [1.29, 1.82) is 0 Å². The van der Waals surface area contributed by atoms with Crippen LogP contribution in [0.25, 0.3) is 0 Å². The average Bonchev–Trinajstić information content (AvgIpc) is 2.10. The van der Waals surface area contributed by atoms with Crippen LogP contribution in [0, 0.1) is 6.92 Å². The third kappa shape index (κ3) is 2.74. The molecule has 0 spiro atoms. The van der Waals surface area contributed by atoms with Gasteiger partial charge >= 0.3 is 0 Å². The van der Waals surface area contributed by atoms with E-state index in [2.05, 4.69) is 24.4 Å². The lowest BCUT2D eigenvalue weighted by Crippen LogP contribution is -2.06. The summed E-state index contributed by atoms with van der Waals surface area (Å²) >= 11 is 0. The van der Waals surface area contributed by atoms with Gasteiger partial charge in [-0.25, -0.2) is 0 Å². The number of ether oxygens (including phenoxy) is 1. The molecule has 0 bridgehead atoms. The van der Waals surface area contributed by atoms with Crippen molar-refractivity contribution >= 4 is 0 Å². The number of aryl methyl sites for hydroxylation is 1. The SMILES string of the molecule is CCOc1ccc(CNC)c(C)c1. The summed E-state index contributed by atoms with van der Waals surface area (Å²) in [5.74, 6) is 0.958. The smallest absolute Gasteiger partial charge is 0.119 e. The monoisotopic (exact) mass is 179 g/mol. The molecular formula is C11H17NO. The molecule has 72 valence electrons. The molecule has 0 unspecified atom stereocenters. The van der Waals surface area contributed by atoms with Crippen LogP contribution in [0.2, 0.25) is 0 Å². The van der Waals surface area contributed by atoms with Crippen molar-refractivity contribution in [1.82, 2.24) is 5.32 Å². The molecule has 0 saturated carbocycles. The molecule has 1 aromatic carbocycles. The summed E-state index contributed by atoms with van der Waals surface area (Å²) in [5, 5.41) is 3.14. The second kappa shape index (κ2) is 4.87. The molecule has 0 fully saturated rings. The number of hydrogen-bond donors (Lipinski definition) is 1. The first-order valence-electron chi connectivity index (χ1n) is 4.65. The fourth-order valence-corrected chi connectivity index (χ4v) is 1.31. The summed E-state index contributed by atoms with van der Waals surface area (Å²) in [4.78, 5) is 0. The van der Waals surface area contributed by atoms with E-state index in [-0.39, 0.29) is 0 Å². The van der Waals surface area contributed by atoms with Crippen LogP contribution in [0.3, 0.4) is 0 Å². The van der Waals surface area contributed by atoms with E-state index in [0.29, 0.717) is 0 Å². The van der Waals surface area contributed by atoms with E-state index in [1.807, 2.05) is 20.0 Å². The zero-order valence-electron chi connectivity index (χ0n) is 8.55. The van der Waals surface area contributed by atoms with Crippen molar-refractivity contribution in [3.8, 4) is 5.75 Å². The Morgan fingerprint density at radius 3 is 2.69 bits per heavy atom. The van der Waals surface area contributed by atoms with E-state index in [9.17, 15) is 0 Å². The van der Waals surface area contributed by atoms with E-state index in [1.165, 1.54) is 11.1 Å². The average molecular weight is 179 g/mol. The summed E-state index contributed by atoms with van der Waals surface area (Å²) in [6.07, 6.45) is 0. The van der Waals surface area contributed by atoms with Gasteiger partial charge < -0.3 is 10.1 Å². The highest BCUT2D eigenvalue weighted by atomic mass is 16.5. The van der Waals surface area contributed by atoms with Gasteiger partial charge in [-0.2, -0.15) is 0 Å². The molecular weight excluding hydrogens is 162 g/mol. The van der Waals surface area contributed by atoms with Crippen molar-refractivity contribution in [2.45, 2.75) is 20.4 Å². The highest BCUT2D eigenvalue weighted by Crippen LogP contribution is 2.16. The van der Waals surface area contributed by atoms with E-state index in [4.69, 9.17) is 4.74 Å². The zero-order chi connectivity index (χ0) is 9.68. The minimum absolute atomic E-state index is 0.727. The largest absolute Gasteiger partial charge is 0.494 e. The minimum atomic E-state index is 0.727. The molecule has 1 N–H and O–H groups in total. The number of nitrogens with one attached hydrogen (secondary N) is 1. The van der Waals surface area contributed by atoms with E-state index < -0.39 is 0 Å². The van der Waals surface area contributed by atoms with Crippen molar-refractivity contribution < 1.29 is 4.74 Å². The van der Waals surface area contributed by atoms with Crippen molar-refractivity contribution in [3.05, 3.63) is 29.3 Å². The maximum atomic E-state index is 5.40. The van der Waals surface area contributed by atoms with Crippen molar-refractivity contribution in [3.63, 3.8) is 0 Å². The Kier molecular flexibility index (Phi) is 3.77. The van der Waals surface area contributed by atoms with E-state index in [0.717, 1.165) is 18.9 Å². The Balaban J connectivity index is 2.79. The highest BCUT2D eigenvalue weighted by molar-refractivity contribution is 5.34. The van der Waals surface area contributed by atoms with Crippen LogP contribution >= 0.6 is 0 Å². The van der Waals surface area contributed by atoms with Crippen LogP contribution < -0.4 is 10.1 Å². The van der Waals surface area contributed by atoms with Crippen molar-refractivity contribution in [2.24, 2.45) is 0 Å². The normalized spacial score (nSPS) is 10.1. The van der Waals surface area contributed by atoms with Crippen LogP contribution in [0.15, 0.2) is 18.2 Å². The van der Waals surface area contributed by atoms with Gasteiger partial charge in [0.1, 0.15) is 5.75 Å². The maximum Gasteiger partial charge on any atom is 0.119 e. The topological polar surface area (TPSA) is 21.3 Å². The van der Waals surface area contributed by atoms with Crippen molar-refractivity contribution in [2.75, 3.05) is 13.7 Å². The summed E-state index contributed by atoms with van der Waals surface area (Å²) in [5.41, 5.74) is 2.60. The number of benzene rings is 1. The molecule has 0 heterocycles. The Morgan fingerprint density at radius 2 is 2.15 bits per heavy atom. The second-order valence-corrected chi connectivity index (χ2v) is 3.05. The Bertz CT molecular complexity index is 271. The summed E-state index contributed by atoms with van der Waals surface area (Å²) in [7, 11) is 1.95. The predicted molar refractivity (Wildman–Crippen MR) is 55.1 cm³/mol. The molecule has 0 aliphatic heterocycles. The van der Waals surface area contributed by atoms with Gasteiger partial charge in [-0.1, -0.05) is 6.07 Å². The molecule has 0 atom stereocenters. The van der Waals surface area contributed by atoms with Gasteiger partial charge in [0.2, 0.25) is 0 Å². The maximum absolute atomic E-state index is 5.40. The molecule has 2 heteroatoms. The zero-order valence-corrected chi connectivity index (χ0v) is 8.55. The van der Waals surface area contributed by atoms with Gasteiger partial charge in [0.15, 0.2) is 0 Å². The minimum Gasteiger partial charge on any atom is -0.494 e. The third-order valence-corrected chi connectivity index (χ3v) is 1.99. The van der Waals surface area contributed by atoms with Gasteiger partial charge in [0.25, 0.3) is 0 Å². The second-order valence-electron chi connectivity index (χ2n) is 3.05. The molecule has 13 heavy (non-hydrogen) atoms. The van der Waals surface area contributed by atoms with Crippen LogP contribution in [0.5, 0.6) is 5.75 Å². The van der Waals surface area contributed by atoms with E-state index in [1.54, 1.807) is 0 Å². The Hall–Kier alpha value is -1.02. The number of rotatable bonds is 4. The molecule has 1 aromatic rings. The molecule has 0 saturated heterocycles. The fraction of sp³-hybridized carbons (Fsp3) is 0.455. The number of hydrogen-bond acceptors (Lipinski definition) is 2.